The lowest BCUT2D eigenvalue weighted by Crippen LogP contribution is -2.53. The molecule has 1 aliphatic heterocycles. The molecule has 1 heterocycles. The van der Waals surface area contributed by atoms with Gasteiger partial charge >= 0.3 is 5.97 Å². The molecule has 150 valence electrons. The Balaban J connectivity index is 1.29. The van der Waals surface area contributed by atoms with E-state index in [0.29, 0.717) is 19.6 Å². The molecule has 7 heteroatoms. The number of amides is 2. The Kier molecular flexibility index (Phi) is 5.14. The third-order valence-electron chi connectivity index (χ3n) is 7.10. The number of carbonyl (C=O) groups is 3. The van der Waals surface area contributed by atoms with Gasteiger partial charge in [-0.25, -0.2) is 0 Å². The van der Waals surface area contributed by atoms with Crippen LogP contribution < -0.4 is 5.32 Å². The van der Waals surface area contributed by atoms with Crippen molar-refractivity contribution in [3.05, 3.63) is 0 Å². The van der Waals surface area contributed by atoms with Crippen molar-refractivity contribution < 1.29 is 24.2 Å². The number of nitrogens with one attached hydrogen (secondary N) is 1. The maximum absolute atomic E-state index is 12.6. The third kappa shape index (κ3) is 4.13. The molecule has 2 N–H and O–H groups in total. The van der Waals surface area contributed by atoms with Gasteiger partial charge in [-0.15, -0.1) is 0 Å². The van der Waals surface area contributed by atoms with E-state index in [1.807, 2.05) is 0 Å². The molecule has 27 heavy (non-hydrogen) atoms. The third-order valence-corrected chi connectivity index (χ3v) is 7.10. The van der Waals surface area contributed by atoms with Crippen LogP contribution in [-0.2, 0) is 19.1 Å². The minimum absolute atomic E-state index is 0.0339. The Morgan fingerprint density at radius 1 is 1.07 bits per heavy atom. The number of nitrogens with zero attached hydrogens (tertiary/aromatic N) is 1. The number of rotatable bonds is 6. The van der Waals surface area contributed by atoms with Crippen LogP contribution in [0.5, 0.6) is 0 Å². The Morgan fingerprint density at radius 2 is 1.70 bits per heavy atom. The fraction of sp³-hybridized carbons (Fsp3) is 0.850. The second-order valence-electron chi connectivity index (χ2n) is 9.28. The number of carboxylic acid groups (broad SMARTS) is 1. The molecule has 1 unspecified atom stereocenters. The molecule has 2 amide bonds. The fourth-order valence-corrected chi connectivity index (χ4v) is 6.54. The highest BCUT2D eigenvalue weighted by atomic mass is 16.5. The summed E-state index contributed by atoms with van der Waals surface area (Å²) < 4.78 is 5.30. The van der Waals surface area contributed by atoms with E-state index < -0.39 is 12.0 Å². The van der Waals surface area contributed by atoms with Gasteiger partial charge in [0.1, 0.15) is 0 Å². The first-order chi connectivity index (χ1) is 12.9. The van der Waals surface area contributed by atoms with Gasteiger partial charge in [0.15, 0.2) is 0 Å². The maximum Gasteiger partial charge on any atom is 0.305 e. The first kappa shape index (κ1) is 18.7. The molecule has 1 atom stereocenters. The van der Waals surface area contributed by atoms with E-state index in [1.54, 1.807) is 4.90 Å². The second-order valence-corrected chi connectivity index (χ2v) is 9.28. The molecule has 1 saturated heterocycles. The minimum Gasteiger partial charge on any atom is -0.481 e. The molecule has 0 spiro atoms. The molecule has 4 bridgehead atoms. The maximum atomic E-state index is 12.6. The van der Waals surface area contributed by atoms with Crippen molar-refractivity contribution in [1.82, 2.24) is 10.2 Å². The van der Waals surface area contributed by atoms with Crippen LogP contribution >= 0.6 is 0 Å². The zero-order chi connectivity index (χ0) is 19.0. The summed E-state index contributed by atoms with van der Waals surface area (Å²) in [6.07, 6.45) is 7.96. The normalized spacial score (nSPS) is 37.3. The molecule has 0 radical (unpaired) electrons. The van der Waals surface area contributed by atoms with Crippen LogP contribution in [0.15, 0.2) is 0 Å². The summed E-state index contributed by atoms with van der Waals surface area (Å²) >= 11 is 0. The van der Waals surface area contributed by atoms with Gasteiger partial charge in [-0.2, -0.15) is 0 Å². The van der Waals surface area contributed by atoms with Crippen LogP contribution in [0, 0.1) is 23.2 Å². The summed E-state index contributed by atoms with van der Waals surface area (Å²) in [4.78, 5) is 37.6. The van der Waals surface area contributed by atoms with E-state index in [0.717, 1.165) is 17.8 Å². The summed E-state index contributed by atoms with van der Waals surface area (Å²) in [6.45, 7) is 0.964. The summed E-state index contributed by atoms with van der Waals surface area (Å²) in [6, 6.07) is -0.455. The number of hydrogen-bond donors (Lipinski definition) is 2. The Bertz CT molecular complexity index is 584. The smallest absolute Gasteiger partial charge is 0.305 e. The number of ether oxygens (including phenoxy) is 1. The van der Waals surface area contributed by atoms with Gasteiger partial charge in [0.2, 0.25) is 11.8 Å². The van der Waals surface area contributed by atoms with Crippen molar-refractivity contribution in [1.29, 1.82) is 0 Å². The zero-order valence-corrected chi connectivity index (χ0v) is 15.8. The van der Waals surface area contributed by atoms with E-state index in [1.165, 1.54) is 38.5 Å². The van der Waals surface area contributed by atoms with E-state index >= 15 is 0 Å². The Morgan fingerprint density at radius 3 is 2.30 bits per heavy atom. The van der Waals surface area contributed by atoms with Crippen molar-refractivity contribution in [2.45, 2.75) is 57.4 Å². The molecule has 5 fully saturated rings. The van der Waals surface area contributed by atoms with E-state index in [-0.39, 0.29) is 36.8 Å². The van der Waals surface area contributed by atoms with Crippen molar-refractivity contribution in [3.63, 3.8) is 0 Å². The average Bonchev–Trinajstić information content (AvgIpc) is 2.58. The van der Waals surface area contributed by atoms with Crippen LogP contribution in [0.1, 0.15) is 51.4 Å². The van der Waals surface area contributed by atoms with Crippen LogP contribution in [0.25, 0.3) is 0 Å². The molecule has 5 rings (SSSR count). The highest BCUT2D eigenvalue weighted by Gasteiger charge is 2.51. The monoisotopic (exact) mass is 378 g/mol. The minimum atomic E-state index is -0.950. The number of morpholine rings is 1. The van der Waals surface area contributed by atoms with E-state index in [9.17, 15) is 14.4 Å². The van der Waals surface area contributed by atoms with Crippen LogP contribution in [-0.4, -0.2) is 60.1 Å². The first-order valence-electron chi connectivity index (χ1n) is 10.3. The van der Waals surface area contributed by atoms with Crippen molar-refractivity contribution >= 4 is 17.8 Å². The number of carbonyl (C=O) groups excluding carboxylic acids is 2. The fourth-order valence-electron chi connectivity index (χ4n) is 6.54. The predicted octanol–water partition coefficient (Wildman–Crippen LogP) is 1.41. The Hall–Kier alpha value is -1.63. The summed E-state index contributed by atoms with van der Waals surface area (Å²) in [7, 11) is 0. The summed E-state index contributed by atoms with van der Waals surface area (Å²) in [5.41, 5.74) is 0.159. The molecule has 5 aliphatic rings. The molecule has 0 aromatic rings. The first-order valence-corrected chi connectivity index (χ1v) is 10.3. The topological polar surface area (TPSA) is 95.9 Å². The van der Waals surface area contributed by atoms with E-state index in [4.69, 9.17) is 9.84 Å². The lowest BCUT2D eigenvalue weighted by atomic mass is 9.49. The SMILES string of the molecule is O=C(O)CC1COCCN1C(=O)CNC(=O)CC12CC3CC(CC(C3)C1)C2. The molecular weight excluding hydrogens is 348 g/mol. The van der Waals surface area contributed by atoms with Crippen LogP contribution in [0.4, 0.5) is 0 Å². The van der Waals surface area contributed by atoms with Gasteiger partial charge in [-0.3, -0.25) is 14.4 Å². The molecular formula is C20H30N2O5. The molecule has 0 aromatic carbocycles. The molecule has 7 nitrogen and oxygen atoms in total. The number of carboxylic acids is 1. The zero-order valence-electron chi connectivity index (χ0n) is 15.8. The summed E-state index contributed by atoms with van der Waals surface area (Å²) in [5, 5.41) is 11.8. The molecule has 4 saturated carbocycles. The van der Waals surface area contributed by atoms with Crippen molar-refractivity contribution in [3.8, 4) is 0 Å². The lowest BCUT2D eigenvalue weighted by molar-refractivity contribution is -0.147. The predicted molar refractivity (Wildman–Crippen MR) is 96.8 cm³/mol. The summed E-state index contributed by atoms with van der Waals surface area (Å²) in [5.74, 6) is 1.20. The van der Waals surface area contributed by atoms with Gasteiger partial charge in [0.05, 0.1) is 32.2 Å². The highest BCUT2D eigenvalue weighted by molar-refractivity contribution is 5.85. The van der Waals surface area contributed by atoms with Gasteiger partial charge in [-0.1, -0.05) is 0 Å². The van der Waals surface area contributed by atoms with Gasteiger partial charge in [0, 0.05) is 13.0 Å². The number of aliphatic carboxylic acids is 1. The van der Waals surface area contributed by atoms with Crippen LogP contribution in [0.2, 0.25) is 0 Å². The van der Waals surface area contributed by atoms with Crippen molar-refractivity contribution in [2.75, 3.05) is 26.3 Å². The van der Waals surface area contributed by atoms with E-state index in [2.05, 4.69) is 5.32 Å². The van der Waals surface area contributed by atoms with Crippen molar-refractivity contribution in [2.24, 2.45) is 23.2 Å². The molecule has 4 aliphatic carbocycles. The standard InChI is InChI=1S/C20H30N2O5/c23-17(10-20-7-13-3-14(8-20)5-15(4-13)9-20)21-11-18(24)22-1-2-27-12-16(22)6-19(25)26/h13-16H,1-12H2,(H,21,23)(H,25,26). The van der Waals surface area contributed by atoms with Gasteiger partial charge < -0.3 is 20.1 Å². The van der Waals surface area contributed by atoms with Crippen LogP contribution in [0.3, 0.4) is 0 Å². The largest absolute Gasteiger partial charge is 0.481 e. The lowest BCUT2D eigenvalue weighted by Gasteiger charge is -2.56. The molecule has 0 aromatic heterocycles. The average molecular weight is 378 g/mol. The quantitative estimate of drug-likeness (QED) is 0.729. The second kappa shape index (κ2) is 7.41. The van der Waals surface area contributed by atoms with Gasteiger partial charge in [-0.05, 0) is 61.7 Å². The highest BCUT2D eigenvalue weighted by Crippen LogP contribution is 2.61. The Labute approximate surface area is 159 Å². The van der Waals surface area contributed by atoms with Gasteiger partial charge in [0.25, 0.3) is 0 Å². The number of hydrogen-bond acceptors (Lipinski definition) is 4.